The summed E-state index contributed by atoms with van der Waals surface area (Å²) in [5.41, 5.74) is 0. The zero-order valence-corrected chi connectivity index (χ0v) is 14.0. The number of hydrogen-bond donors (Lipinski definition) is 1. The van der Waals surface area contributed by atoms with E-state index in [1.807, 2.05) is 4.68 Å². The maximum atomic E-state index is 4.10. The molecule has 0 saturated carbocycles. The molecule has 0 fully saturated rings. The van der Waals surface area contributed by atoms with Gasteiger partial charge >= 0.3 is 0 Å². The minimum absolute atomic E-state index is 0.673. The molecule has 20 heavy (non-hydrogen) atoms. The summed E-state index contributed by atoms with van der Waals surface area (Å²) in [6.45, 7) is 14.8. The van der Waals surface area contributed by atoms with Crippen LogP contribution in [0.5, 0.6) is 0 Å². The molecule has 0 spiro atoms. The second kappa shape index (κ2) is 10.1. The number of nitrogens with one attached hydrogen (secondary N) is 1. The highest BCUT2D eigenvalue weighted by molar-refractivity contribution is 7.99. The van der Waals surface area contributed by atoms with Crippen molar-refractivity contribution in [1.29, 1.82) is 0 Å². The Balaban J connectivity index is 2.27. The third-order valence-corrected chi connectivity index (χ3v) is 4.02. The van der Waals surface area contributed by atoms with E-state index in [4.69, 9.17) is 0 Å². The summed E-state index contributed by atoms with van der Waals surface area (Å²) in [7, 11) is 0. The summed E-state index contributed by atoms with van der Waals surface area (Å²) in [6, 6.07) is 0. The lowest BCUT2D eigenvalue weighted by molar-refractivity contribution is 0.323. The van der Waals surface area contributed by atoms with Gasteiger partial charge in [-0.3, -0.25) is 0 Å². The van der Waals surface area contributed by atoms with Gasteiger partial charge < -0.3 is 10.2 Å². The molecule has 7 heteroatoms. The average molecular weight is 300 g/mol. The molecule has 0 aliphatic rings. The highest BCUT2D eigenvalue weighted by Gasteiger charge is 2.07. The fourth-order valence-electron chi connectivity index (χ4n) is 1.82. The van der Waals surface area contributed by atoms with Gasteiger partial charge in [0.05, 0.1) is 6.54 Å². The maximum absolute atomic E-state index is 4.10. The van der Waals surface area contributed by atoms with Crippen LogP contribution in [-0.4, -0.2) is 63.6 Å². The average Bonchev–Trinajstić information content (AvgIpc) is 2.87. The zero-order chi connectivity index (χ0) is 14.8. The van der Waals surface area contributed by atoms with E-state index < -0.39 is 0 Å². The molecule has 0 bridgehead atoms. The van der Waals surface area contributed by atoms with Crippen molar-refractivity contribution in [2.45, 2.75) is 39.4 Å². The van der Waals surface area contributed by atoms with Crippen molar-refractivity contribution >= 4 is 11.8 Å². The summed E-state index contributed by atoms with van der Waals surface area (Å²) in [5, 5.41) is 16.3. The van der Waals surface area contributed by atoms with Gasteiger partial charge in [-0.05, 0) is 36.0 Å². The zero-order valence-electron chi connectivity index (χ0n) is 13.2. The molecule has 1 N–H and O–H groups in total. The van der Waals surface area contributed by atoms with Crippen molar-refractivity contribution in [3.05, 3.63) is 0 Å². The number of thioether (sulfide) groups is 1. The first kappa shape index (κ1) is 17.4. The lowest BCUT2D eigenvalue weighted by Crippen LogP contribution is -2.26. The number of nitrogens with zero attached hydrogens (tertiary/aromatic N) is 5. The minimum atomic E-state index is 0.673. The molecule has 0 radical (unpaired) electrons. The van der Waals surface area contributed by atoms with Gasteiger partial charge in [-0.1, -0.05) is 39.5 Å². The lowest BCUT2D eigenvalue weighted by atomic mass is 10.2. The Morgan fingerprint density at radius 1 is 1.30 bits per heavy atom. The van der Waals surface area contributed by atoms with Crippen molar-refractivity contribution < 1.29 is 0 Å². The van der Waals surface area contributed by atoms with Crippen molar-refractivity contribution in [1.82, 2.24) is 30.4 Å². The van der Waals surface area contributed by atoms with Crippen LogP contribution in [0.25, 0.3) is 0 Å². The molecule has 0 aromatic carbocycles. The molecule has 0 saturated heterocycles. The van der Waals surface area contributed by atoms with Crippen LogP contribution < -0.4 is 5.32 Å². The largest absolute Gasteiger partial charge is 0.315 e. The summed E-state index contributed by atoms with van der Waals surface area (Å²) >= 11 is 1.73. The molecular formula is C13H28N6S. The van der Waals surface area contributed by atoms with Gasteiger partial charge in [-0.2, -0.15) is 0 Å². The molecule has 1 heterocycles. The highest BCUT2D eigenvalue weighted by atomic mass is 32.2. The van der Waals surface area contributed by atoms with Gasteiger partial charge in [0, 0.05) is 18.8 Å². The van der Waals surface area contributed by atoms with Crippen molar-refractivity contribution in [2.75, 3.05) is 38.5 Å². The Labute approximate surface area is 126 Å². The van der Waals surface area contributed by atoms with Gasteiger partial charge in [-0.25, -0.2) is 4.68 Å². The number of tetrazole rings is 1. The third kappa shape index (κ3) is 6.67. The first-order valence-electron chi connectivity index (χ1n) is 7.49. The van der Waals surface area contributed by atoms with Gasteiger partial charge in [0.1, 0.15) is 0 Å². The van der Waals surface area contributed by atoms with Crippen LogP contribution in [0, 0.1) is 5.92 Å². The number of aromatic nitrogens is 4. The molecule has 1 aromatic heterocycles. The van der Waals surface area contributed by atoms with Crippen LogP contribution in [0.1, 0.15) is 27.7 Å². The summed E-state index contributed by atoms with van der Waals surface area (Å²) < 4.78 is 1.89. The van der Waals surface area contributed by atoms with E-state index in [0.717, 1.165) is 50.2 Å². The second-order valence-electron chi connectivity index (χ2n) is 5.16. The first-order valence-corrected chi connectivity index (χ1v) is 8.47. The van der Waals surface area contributed by atoms with Crippen LogP contribution in [0.3, 0.4) is 0 Å². The predicted molar refractivity (Wildman–Crippen MR) is 84.0 cm³/mol. The normalized spacial score (nSPS) is 11.7. The maximum Gasteiger partial charge on any atom is 0.209 e. The van der Waals surface area contributed by atoms with E-state index in [1.165, 1.54) is 0 Å². The van der Waals surface area contributed by atoms with E-state index >= 15 is 0 Å². The minimum Gasteiger partial charge on any atom is -0.315 e. The molecule has 0 atom stereocenters. The Kier molecular flexibility index (Phi) is 8.80. The predicted octanol–water partition coefficient (Wildman–Crippen LogP) is 1.35. The monoisotopic (exact) mass is 300 g/mol. The third-order valence-electron chi connectivity index (χ3n) is 3.09. The van der Waals surface area contributed by atoms with Crippen LogP contribution >= 0.6 is 11.8 Å². The first-order chi connectivity index (χ1) is 9.67. The Morgan fingerprint density at radius 2 is 2.05 bits per heavy atom. The summed E-state index contributed by atoms with van der Waals surface area (Å²) in [5.74, 6) is 1.70. The van der Waals surface area contributed by atoms with Gasteiger partial charge in [0.2, 0.25) is 5.16 Å². The Morgan fingerprint density at radius 3 is 2.70 bits per heavy atom. The topological polar surface area (TPSA) is 58.9 Å². The van der Waals surface area contributed by atoms with Crippen molar-refractivity contribution in [2.24, 2.45) is 5.92 Å². The van der Waals surface area contributed by atoms with Crippen LogP contribution in [0.4, 0.5) is 0 Å². The molecule has 0 aliphatic carbocycles. The van der Waals surface area contributed by atoms with Crippen molar-refractivity contribution in [3.8, 4) is 0 Å². The SMILES string of the molecule is CCN(CC)CCSc1nnnn1CCNCC(C)C. The standard InChI is InChI=1S/C13H28N6S/c1-5-18(6-2)9-10-20-13-15-16-17-19(13)8-7-14-11-12(3)4/h12,14H,5-11H2,1-4H3. The van der Waals surface area contributed by atoms with Gasteiger partial charge in [-0.15, -0.1) is 5.10 Å². The van der Waals surface area contributed by atoms with E-state index in [9.17, 15) is 0 Å². The highest BCUT2D eigenvalue weighted by Crippen LogP contribution is 2.13. The van der Waals surface area contributed by atoms with E-state index in [-0.39, 0.29) is 0 Å². The lowest BCUT2D eigenvalue weighted by Gasteiger charge is -2.16. The molecule has 0 amide bonds. The summed E-state index contributed by atoms with van der Waals surface area (Å²) in [6.07, 6.45) is 0. The quantitative estimate of drug-likeness (QED) is 0.492. The number of hydrogen-bond acceptors (Lipinski definition) is 6. The molecular weight excluding hydrogens is 272 g/mol. The Hall–Kier alpha value is -0.660. The second-order valence-corrected chi connectivity index (χ2v) is 6.22. The van der Waals surface area contributed by atoms with E-state index in [1.54, 1.807) is 11.8 Å². The van der Waals surface area contributed by atoms with Crippen LogP contribution in [0.15, 0.2) is 5.16 Å². The molecule has 1 aromatic rings. The fourth-order valence-corrected chi connectivity index (χ4v) is 2.72. The molecule has 116 valence electrons. The number of rotatable bonds is 11. The van der Waals surface area contributed by atoms with Crippen LogP contribution in [0.2, 0.25) is 0 Å². The molecule has 0 unspecified atom stereocenters. The van der Waals surface area contributed by atoms with Crippen molar-refractivity contribution in [3.63, 3.8) is 0 Å². The Bertz CT molecular complexity index is 350. The van der Waals surface area contributed by atoms with E-state index in [0.29, 0.717) is 5.92 Å². The summed E-state index contributed by atoms with van der Waals surface area (Å²) in [4.78, 5) is 2.41. The molecule has 1 rings (SSSR count). The fraction of sp³-hybridized carbons (Fsp3) is 0.923. The molecule has 0 aliphatic heterocycles. The van der Waals surface area contributed by atoms with Gasteiger partial charge in [0.15, 0.2) is 0 Å². The molecule has 6 nitrogen and oxygen atoms in total. The van der Waals surface area contributed by atoms with Gasteiger partial charge in [0.25, 0.3) is 0 Å². The smallest absolute Gasteiger partial charge is 0.209 e. The van der Waals surface area contributed by atoms with Crippen LogP contribution in [-0.2, 0) is 6.54 Å². The van der Waals surface area contributed by atoms with E-state index in [2.05, 4.69) is 53.4 Å².